The third kappa shape index (κ3) is 4.29. The van der Waals surface area contributed by atoms with Crippen LogP contribution in [0.5, 0.6) is 5.75 Å². The van der Waals surface area contributed by atoms with Crippen molar-refractivity contribution in [3.8, 4) is 11.8 Å². The summed E-state index contributed by atoms with van der Waals surface area (Å²) in [5, 5.41) is 22.4. The van der Waals surface area contributed by atoms with Gasteiger partial charge in [0.2, 0.25) is 0 Å². The van der Waals surface area contributed by atoms with E-state index in [0.29, 0.717) is 18.2 Å². The Hall–Kier alpha value is -2.84. The fourth-order valence-corrected chi connectivity index (χ4v) is 3.73. The van der Waals surface area contributed by atoms with Gasteiger partial charge in [-0.3, -0.25) is 0 Å². The Balaban J connectivity index is 1.59. The minimum atomic E-state index is -0.910. The largest absolute Gasteiger partial charge is 0.497 e. The van der Waals surface area contributed by atoms with Crippen molar-refractivity contribution in [2.45, 2.75) is 43.7 Å². The Morgan fingerprint density at radius 1 is 1.26 bits per heavy atom. The third-order valence-electron chi connectivity index (χ3n) is 5.47. The van der Waals surface area contributed by atoms with E-state index in [1.807, 2.05) is 36.4 Å². The molecule has 140 valence electrons. The number of nitrogens with one attached hydrogen (secondary N) is 1. The summed E-state index contributed by atoms with van der Waals surface area (Å²) >= 11 is 0. The number of benzene rings is 2. The molecule has 0 atom stereocenters. The number of nitrogens with zero attached hydrogens (tertiary/aromatic N) is 1. The van der Waals surface area contributed by atoms with Gasteiger partial charge in [0.25, 0.3) is 0 Å². The monoisotopic (exact) mass is 364 g/mol. The van der Waals surface area contributed by atoms with Gasteiger partial charge < -0.3 is 15.2 Å². The normalized spacial score (nSPS) is 22.0. The van der Waals surface area contributed by atoms with Gasteiger partial charge >= 0.3 is 5.97 Å². The lowest BCUT2D eigenvalue weighted by Crippen LogP contribution is -2.39. The first-order valence-electron chi connectivity index (χ1n) is 9.18. The molecule has 0 aromatic heterocycles. The molecular weight excluding hydrogens is 340 g/mol. The number of carboxylic acids is 1. The highest BCUT2D eigenvalue weighted by atomic mass is 16.5. The van der Waals surface area contributed by atoms with E-state index >= 15 is 0 Å². The number of aromatic carboxylic acids is 1. The highest BCUT2D eigenvalue weighted by molar-refractivity contribution is 5.87. The molecule has 2 aromatic rings. The number of methoxy groups -OCH3 is 1. The Morgan fingerprint density at radius 3 is 2.56 bits per heavy atom. The minimum absolute atomic E-state index is 0.300. The van der Waals surface area contributed by atoms with Crippen molar-refractivity contribution in [1.29, 1.82) is 5.26 Å². The van der Waals surface area contributed by atoms with Crippen LogP contribution in [0.25, 0.3) is 0 Å². The van der Waals surface area contributed by atoms with E-state index in [9.17, 15) is 10.1 Å². The molecule has 0 spiro atoms. The summed E-state index contributed by atoms with van der Waals surface area (Å²) in [6, 6.07) is 17.7. The molecule has 0 bridgehead atoms. The smallest absolute Gasteiger partial charge is 0.335 e. The molecule has 0 radical (unpaired) electrons. The fraction of sp³-hybridized carbons (Fsp3) is 0.364. The fourth-order valence-electron chi connectivity index (χ4n) is 3.73. The average molecular weight is 364 g/mol. The molecule has 2 N–H and O–H groups in total. The van der Waals surface area contributed by atoms with Crippen LogP contribution in [0.1, 0.15) is 47.2 Å². The average Bonchev–Trinajstić information content (AvgIpc) is 2.73. The Bertz CT molecular complexity index is 831. The van der Waals surface area contributed by atoms with Gasteiger partial charge in [-0.25, -0.2) is 4.79 Å². The summed E-state index contributed by atoms with van der Waals surface area (Å²) in [4.78, 5) is 10.9. The molecule has 27 heavy (non-hydrogen) atoms. The lowest BCUT2D eigenvalue weighted by atomic mass is 9.69. The van der Waals surface area contributed by atoms with Crippen molar-refractivity contribution in [1.82, 2.24) is 5.32 Å². The summed E-state index contributed by atoms with van der Waals surface area (Å²) < 4.78 is 5.31. The van der Waals surface area contributed by atoms with Crippen molar-refractivity contribution < 1.29 is 14.6 Å². The predicted octanol–water partition coefficient (Wildman–Crippen LogP) is 3.89. The number of ether oxygens (including phenoxy) is 1. The molecule has 1 fully saturated rings. The molecule has 2 aromatic carbocycles. The molecule has 3 rings (SSSR count). The molecule has 1 aliphatic rings. The van der Waals surface area contributed by atoms with E-state index in [0.717, 1.165) is 42.6 Å². The zero-order valence-electron chi connectivity index (χ0n) is 15.4. The van der Waals surface area contributed by atoms with Gasteiger partial charge in [0.1, 0.15) is 5.75 Å². The number of nitriles is 1. The van der Waals surface area contributed by atoms with Crippen LogP contribution < -0.4 is 10.1 Å². The zero-order chi connectivity index (χ0) is 19.3. The molecule has 1 aliphatic carbocycles. The molecule has 0 saturated heterocycles. The minimum Gasteiger partial charge on any atom is -0.497 e. The van der Waals surface area contributed by atoms with Crippen LogP contribution in [0.2, 0.25) is 0 Å². The Labute approximate surface area is 159 Å². The number of carboxylic acid groups (broad SMARTS) is 1. The second-order valence-electron chi connectivity index (χ2n) is 7.08. The van der Waals surface area contributed by atoms with Crippen molar-refractivity contribution in [3.63, 3.8) is 0 Å². The SMILES string of the molecule is COc1cccc(C2(C#N)CCC(NCc3ccc(C(=O)O)cc3)CC2)c1. The van der Waals surface area contributed by atoms with Crippen LogP contribution in [-0.2, 0) is 12.0 Å². The van der Waals surface area contributed by atoms with Crippen LogP contribution in [-0.4, -0.2) is 24.2 Å². The maximum Gasteiger partial charge on any atom is 0.335 e. The molecule has 5 heteroatoms. The Kier molecular flexibility index (Phi) is 5.78. The number of hydrogen-bond acceptors (Lipinski definition) is 4. The van der Waals surface area contributed by atoms with Crippen LogP contribution in [0.3, 0.4) is 0 Å². The van der Waals surface area contributed by atoms with Gasteiger partial charge in [0, 0.05) is 12.6 Å². The summed E-state index contributed by atoms with van der Waals surface area (Å²) in [5.74, 6) is -0.126. The van der Waals surface area contributed by atoms with Crippen LogP contribution in [0.4, 0.5) is 0 Å². The van der Waals surface area contributed by atoms with E-state index in [1.165, 1.54) is 0 Å². The van der Waals surface area contributed by atoms with Gasteiger partial charge in [-0.15, -0.1) is 0 Å². The van der Waals surface area contributed by atoms with Crippen LogP contribution in [0.15, 0.2) is 48.5 Å². The molecule has 0 unspecified atom stereocenters. The lowest BCUT2D eigenvalue weighted by Gasteiger charge is -2.36. The van der Waals surface area contributed by atoms with Gasteiger partial charge in [-0.1, -0.05) is 24.3 Å². The molecule has 0 aliphatic heterocycles. The molecular formula is C22H24N2O3. The molecule has 0 heterocycles. The van der Waals surface area contributed by atoms with Crippen LogP contribution in [0, 0.1) is 11.3 Å². The van der Waals surface area contributed by atoms with E-state index in [2.05, 4.69) is 11.4 Å². The lowest BCUT2D eigenvalue weighted by molar-refractivity contribution is 0.0697. The second-order valence-corrected chi connectivity index (χ2v) is 7.08. The van der Waals surface area contributed by atoms with Gasteiger partial charge in [0.05, 0.1) is 24.2 Å². The predicted molar refractivity (Wildman–Crippen MR) is 103 cm³/mol. The first-order valence-corrected chi connectivity index (χ1v) is 9.18. The van der Waals surface area contributed by atoms with Crippen molar-refractivity contribution in [2.24, 2.45) is 0 Å². The van der Waals surface area contributed by atoms with E-state index in [1.54, 1.807) is 19.2 Å². The van der Waals surface area contributed by atoms with Crippen LogP contribution >= 0.6 is 0 Å². The maximum atomic E-state index is 10.9. The van der Waals surface area contributed by atoms with Gasteiger partial charge in [-0.2, -0.15) is 5.26 Å². The number of carbonyl (C=O) groups is 1. The molecule has 1 saturated carbocycles. The summed E-state index contributed by atoms with van der Waals surface area (Å²) in [7, 11) is 1.64. The first-order chi connectivity index (χ1) is 13.1. The molecule has 5 nitrogen and oxygen atoms in total. The maximum absolute atomic E-state index is 10.9. The van der Waals surface area contributed by atoms with E-state index in [-0.39, 0.29) is 0 Å². The summed E-state index contributed by atoms with van der Waals surface area (Å²) in [6.45, 7) is 0.698. The zero-order valence-corrected chi connectivity index (χ0v) is 15.4. The highest BCUT2D eigenvalue weighted by Crippen LogP contribution is 2.40. The second kappa shape index (κ2) is 8.24. The summed E-state index contributed by atoms with van der Waals surface area (Å²) in [6.07, 6.45) is 3.48. The van der Waals surface area contributed by atoms with E-state index < -0.39 is 11.4 Å². The standard InChI is InChI=1S/C22H24N2O3/c1-27-20-4-2-3-18(13-20)22(15-23)11-9-19(10-12-22)24-14-16-5-7-17(8-6-16)21(25)26/h2-8,13,19,24H,9-12,14H2,1H3,(H,25,26). The quantitative estimate of drug-likeness (QED) is 0.813. The first kappa shape index (κ1) is 18.9. The van der Waals surface area contributed by atoms with Crippen molar-refractivity contribution in [2.75, 3.05) is 7.11 Å². The van der Waals surface area contributed by atoms with E-state index in [4.69, 9.17) is 9.84 Å². The Morgan fingerprint density at radius 2 is 1.96 bits per heavy atom. The number of rotatable bonds is 6. The molecule has 0 amide bonds. The number of hydrogen-bond donors (Lipinski definition) is 2. The van der Waals surface area contributed by atoms with Crippen molar-refractivity contribution in [3.05, 3.63) is 65.2 Å². The third-order valence-corrected chi connectivity index (χ3v) is 5.47. The highest BCUT2D eigenvalue weighted by Gasteiger charge is 2.37. The van der Waals surface area contributed by atoms with Crippen molar-refractivity contribution >= 4 is 5.97 Å². The summed E-state index contributed by atoms with van der Waals surface area (Å²) in [5.41, 5.74) is 1.95. The topological polar surface area (TPSA) is 82.3 Å². The van der Waals surface area contributed by atoms with Gasteiger partial charge in [-0.05, 0) is 61.1 Å². The van der Waals surface area contributed by atoms with Gasteiger partial charge in [0.15, 0.2) is 0 Å².